The summed E-state index contributed by atoms with van der Waals surface area (Å²) in [6.45, 7) is 8.80. The lowest BCUT2D eigenvalue weighted by Crippen LogP contribution is -2.53. The fourth-order valence-electron chi connectivity index (χ4n) is 6.08. The van der Waals surface area contributed by atoms with Gasteiger partial charge in [0.25, 0.3) is 0 Å². The molecule has 0 radical (unpaired) electrons. The van der Waals surface area contributed by atoms with Gasteiger partial charge in [0.1, 0.15) is 17.9 Å². The molecule has 10 nitrogen and oxygen atoms in total. The lowest BCUT2D eigenvalue weighted by molar-refractivity contribution is -0.124. The highest BCUT2D eigenvalue weighted by Crippen LogP contribution is 2.36. The van der Waals surface area contributed by atoms with Crippen LogP contribution < -0.4 is 11.0 Å². The van der Waals surface area contributed by atoms with Crippen LogP contribution in [0.15, 0.2) is 23.0 Å². The number of aromatic nitrogens is 2. The van der Waals surface area contributed by atoms with E-state index in [1.54, 1.807) is 18.7 Å². The monoisotopic (exact) mass is 541 g/mol. The molecule has 1 N–H and O–H groups in total. The second-order valence-corrected chi connectivity index (χ2v) is 11.8. The summed E-state index contributed by atoms with van der Waals surface area (Å²) in [6, 6.07) is 5.92. The lowest BCUT2D eigenvalue weighted by Gasteiger charge is -2.42. The third-order valence-electron chi connectivity index (χ3n) is 8.18. The Morgan fingerprint density at radius 3 is 2.33 bits per heavy atom. The molecule has 0 spiro atoms. The van der Waals surface area contributed by atoms with Gasteiger partial charge in [-0.3, -0.25) is 18.8 Å². The molecule has 2 amide bonds. The summed E-state index contributed by atoms with van der Waals surface area (Å²) in [5, 5.41) is 2.63. The first-order valence-electron chi connectivity index (χ1n) is 14.1. The van der Waals surface area contributed by atoms with E-state index in [0.717, 1.165) is 50.6 Å². The minimum atomic E-state index is -0.728. The van der Waals surface area contributed by atoms with Crippen LogP contribution in [0.2, 0.25) is 0 Å². The van der Waals surface area contributed by atoms with Crippen molar-refractivity contribution in [2.45, 2.75) is 82.9 Å². The maximum Gasteiger partial charge on any atom is 0.410 e. The minimum absolute atomic E-state index is 0.207. The van der Waals surface area contributed by atoms with E-state index >= 15 is 0 Å². The highest BCUT2D eigenvalue weighted by Gasteiger charge is 2.32. The molecule has 1 aliphatic heterocycles. The first-order chi connectivity index (χ1) is 18.5. The van der Waals surface area contributed by atoms with Gasteiger partial charge in [-0.2, -0.15) is 0 Å². The smallest absolute Gasteiger partial charge is 0.410 e. The fraction of sp³-hybridized carbons (Fsp3) is 0.655. The quantitative estimate of drug-likeness (QED) is 0.540. The van der Waals surface area contributed by atoms with Crippen LogP contribution in [-0.2, 0) is 21.4 Å². The molecule has 1 aromatic carbocycles. The number of benzene rings is 1. The number of rotatable bonds is 7. The molecule has 2 aromatic rings. The van der Waals surface area contributed by atoms with Crippen molar-refractivity contribution in [2.75, 3.05) is 33.2 Å². The molecule has 2 heterocycles. The van der Waals surface area contributed by atoms with Crippen LogP contribution in [-0.4, -0.2) is 82.1 Å². The van der Waals surface area contributed by atoms with E-state index in [1.807, 2.05) is 31.7 Å². The van der Waals surface area contributed by atoms with Crippen LogP contribution in [0, 0.1) is 0 Å². The maximum atomic E-state index is 13.2. The Hall–Kier alpha value is -3.14. The first kappa shape index (κ1) is 28.9. The minimum Gasteiger partial charge on any atom is -0.444 e. The number of carbonyl (C=O) groups is 3. The molecule has 1 unspecified atom stereocenters. The number of nitrogens with zero attached hydrogens (tertiary/aromatic N) is 4. The number of likely N-dealkylation sites (N-methyl/N-ethyl adjacent to an activating group) is 1. The zero-order chi connectivity index (χ0) is 28.3. The average molecular weight is 542 g/mol. The number of amides is 2. The van der Waals surface area contributed by atoms with Crippen LogP contribution in [0.1, 0.15) is 76.8 Å². The molecule has 1 saturated heterocycles. The third-order valence-corrected chi connectivity index (χ3v) is 8.18. The molecule has 214 valence electrons. The zero-order valence-electron chi connectivity index (χ0n) is 23.9. The number of fused-ring (bicyclic) bond motifs is 1. The van der Waals surface area contributed by atoms with Crippen molar-refractivity contribution in [3.8, 4) is 0 Å². The van der Waals surface area contributed by atoms with E-state index in [0.29, 0.717) is 30.6 Å². The van der Waals surface area contributed by atoms with Crippen molar-refractivity contribution >= 4 is 29.3 Å². The predicted octanol–water partition coefficient (Wildman–Crippen LogP) is 3.19. The maximum absolute atomic E-state index is 13.2. The van der Waals surface area contributed by atoms with Gasteiger partial charge in [0.2, 0.25) is 5.91 Å². The van der Waals surface area contributed by atoms with Gasteiger partial charge < -0.3 is 19.7 Å². The second kappa shape index (κ2) is 11.9. The Bertz CT molecular complexity index is 1240. The number of hydrogen-bond donors (Lipinski definition) is 1. The van der Waals surface area contributed by atoms with Gasteiger partial charge in [0.15, 0.2) is 0 Å². The predicted molar refractivity (Wildman–Crippen MR) is 150 cm³/mol. The Labute approximate surface area is 230 Å². The van der Waals surface area contributed by atoms with E-state index in [9.17, 15) is 19.2 Å². The third kappa shape index (κ3) is 6.37. The fourth-order valence-corrected chi connectivity index (χ4v) is 6.08. The summed E-state index contributed by atoms with van der Waals surface area (Å²) >= 11 is 0. The number of piperazine rings is 1. The lowest BCUT2D eigenvalue weighted by atomic mass is 9.81. The molecule has 2 fully saturated rings. The summed E-state index contributed by atoms with van der Waals surface area (Å²) in [7, 11) is 3.28. The molecular formula is C29H43N5O5. The summed E-state index contributed by atoms with van der Waals surface area (Å²) < 4.78 is 8.65. The molecule has 4 rings (SSSR count). The number of aryl methyl sites for hydroxylation is 1. The summed E-state index contributed by atoms with van der Waals surface area (Å²) in [5.41, 5.74) is 2.00. The zero-order valence-corrected chi connectivity index (χ0v) is 23.9. The van der Waals surface area contributed by atoms with Crippen molar-refractivity contribution in [3.05, 3.63) is 34.2 Å². The Morgan fingerprint density at radius 1 is 1.08 bits per heavy atom. The van der Waals surface area contributed by atoms with E-state index < -0.39 is 11.6 Å². The van der Waals surface area contributed by atoms with E-state index in [2.05, 4.69) is 22.3 Å². The molecule has 1 aromatic heterocycles. The van der Waals surface area contributed by atoms with Crippen LogP contribution in [0.25, 0.3) is 11.0 Å². The number of hydrogen-bond acceptors (Lipinski definition) is 6. The Balaban J connectivity index is 1.41. The average Bonchev–Trinajstić information content (AvgIpc) is 3.17. The normalized spacial score (nSPS) is 21.5. The highest BCUT2D eigenvalue weighted by atomic mass is 16.6. The summed E-state index contributed by atoms with van der Waals surface area (Å²) in [6.07, 6.45) is 5.36. The van der Waals surface area contributed by atoms with Gasteiger partial charge in [-0.1, -0.05) is 6.07 Å². The molecule has 1 saturated carbocycles. The van der Waals surface area contributed by atoms with Crippen LogP contribution in [0.4, 0.5) is 4.79 Å². The van der Waals surface area contributed by atoms with E-state index in [1.165, 1.54) is 10.1 Å². The summed E-state index contributed by atoms with van der Waals surface area (Å²) in [5.74, 6) is 0.137. The molecule has 10 heteroatoms. The highest BCUT2D eigenvalue weighted by molar-refractivity contribution is 5.84. The van der Waals surface area contributed by atoms with Gasteiger partial charge in [-0.15, -0.1) is 0 Å². The molecule has 2 aliphatic rings. The van der Waals surface area contributed by atoms with Crippen LogP contribution in [0.5, 0.6) is 0 Å². The van der Waals surface area contributed by atoms with Crippen molar-refractivity contribution in [2.24, 2.45) is 7.05 Å². The van der Waals surface area contributed by atoms with Gasteiger partial charge in [-0.05, 0) is 76.5 Å². The summed E-state index contributed by atoms with van der Waals surface area (Å²) in [4.78, 5) is 53.5. The van der Waals surface area contributed by atoms with Crippen LogP contribution in [0.3, 0.4) is 0 Å². The SMILES string of the molecule is CNC(=O)C(CCC=O)n1c(=O)n(C)c2cc(C3CCC(N4CCN(C(=O)OC(C)(C)C)CC4)CC3)ccc21. The standard InChI is InChI=1S/C29H43N5O5/c1-29(2,3)39-28(38)33-16-14-32(15-17-33)22-11-8-20(9-12-22)21-10-13-23-25(19-21)31(5)27(37)34(23)24(7-6-18-35)26(36)30-4/h10,13,18-20,22,24H,6-9,11-12,14-17H2,1-5H3,(H,30,36). The number of imidazole rings is 1. The van der Waals surface area contributed by atoms with E-state index in [4.69, 9.17) is 4.74 Å². The first-order valence-corrected chi connectivity index (χ1v) is 14.1. The number of carbonyl (C=O) groups excluding carboxylic acids is 3. The number of aldehydes is 1. The van der Waals surface area contributed by atoms with Gasteiger partial charge >= 0.3 is 11.8 Å². The number of nitrogens with one attached hydrogen (secondary N) is 1. The van der Waals surface area contributed by atoms with Crippen molar-refractivity contribution in [1.82, 2.24) is 24.3 Å². The molecule has 0 bridgehead atoms. The molecular weight excluding hydrogens is 498 g/mol. The Morgan fingerprint density at radius 2 is 1.74 bits per heavy atom. The largest absolute Gasteiger partial charge is 0.444 e. The van der Waals surface area contributed by atoms with Crippen molar-refractivity contribution < 1.29 is 19.1 Å². The van der Waals surface area contributed by atoms with Gasteiger partial charge in [0.05, 0.1) is 11.0 Å². The number of ether oxygens (including phenoxy) is 1. The van der Waals surface area contributed by atoms with E-state index in [-0.39, 0.29) is 30.5 Å². The topological polar surface area (TPSA) is 106 Å². The van der Waals surface area contributed by atoms with Crippen LogP contribution >= 0.6 is 0 Å². The van der Waals surface area contributed by atoms with Gasteiger partial charge in [0, 0.05) is 52.7 Å². The van der Waals surface area contributed by atoms with Gasteiger partial charge in [-0.25, -0.2) is 9.59 Å². The molecule has 1 atom stereocenters. The molecule has 1 aliphatic carbocycles. The second-order valence-electron chi connectivity index (χ2n) is 11.8. The Kier molecular flexibility index (Phi) is 8.83. The van der Waals surface area contributed by atoms with Crippen molar-refractivity contribution in [1.29, 1.82) is 0 Å². The van der Waals surface area contributed by atoms with Crippen molar-refractivity contribution in [3.63, 3.8) is 0 Å². The molecule has 39 heavy (non-hydrogen) atoms.